The number of aromatic nitrogens is 4. The van der Waals surface area contributed by atoms with Gasteiger partial charge >= 0.3 is 6.18 Å². The van der Waals surface area contributed by atoms with Gasteiger partial charge in [-0.2, -0.15) is 27.8 Å². The Labute approximate surface area is 145 Å². The zero-order valence-corrected chi connectivity index (χ0v) is 13.6. The van der Waals surface area contributed by atoms with Gasteiger partial charge in [0.25, 0.3) is 5.78 Å². The number of hydrogen-bond acceptors (Lipinski definition) is 4. The largest absolute Gasteiger partial charge is 0.433 e. The third-order valence-corrected chi connectivity index (χ3v) is 4.71. The molecule has 5 nitrogen and oxygen atoms in total. The molecule has 0 atom stereocenters. The van der Waals surface area contributed by atoms with E-state index in [1.807, 2.05) is 24.3 Å². The summed E-state index contributed by atoms with van der Waals surface area (Å²) in [5, 5.41) is 7.69. The molecule has 0 spiro atoms. The molecule has 0 aliphatic heterocycles. The van der Waals surface area contributed by atoms with Gasteiger partial charge in [-0.1, -0.05) is 23.7 Å². The second-order valence-corrected chi connectivity index (χ2v) is 6.57. The number of fused-ring (bicyclic) bond motifs is 1. The molecule has 2 heterocycles. The van der Waals surface area contributed by atoms with Crippen molar-refractivity contribution in [2.75, 3.05) is 11.9 Å². The summed E-state index contributed by atoms with van der Waals surface area (Å²) in [5.41, 5.74) is 0.0234. The highest BCUT2D eigenvalue weighted by atomic mass is 35.5. The third kappa shape index (κ3) is 3.02. The second-order valence-electron chi connectivity index (χ2n) is 6.14. The lowest BCUT2D eigenvalue weighted by Gasteiger charge is -2.18. The molecular weight excluding hydrogens is 355 g/mol. The van der Waals surface area contributed by atoms with Gasteiger partial charge in [-0.05, 0) is 30.5 Å². The Balaban J connectivity index is 1.63. The monoisotopic (exact) mass is 367 g/mol. The Morgan fingerprint density at radius 3 is 2.56 bits per heavy atom. The van der Waals surface area contributed by atoms with Gasteiger partial charge in [0.05, 0.1) is 0 Å². The van der Waals surface area contributed by atoms with Gasteiger partial charge in [-0.25, -0.2) is 4.98 Å². The summed E-state index contributed by atoms with van der Waals surface area (Å²) in [4.78, 5) is 7.27. The highest BCUT2D eigenvalue weighted by Gasteiger charge is 2.44. The Bertz CT molecular complexity index is 916. The molecule has 1 N–H and O–H groups in total. The first kappa shape index (κ1) is 16.1. The molecule has 0 amide bonds. The van der Waals surface area contributed by atoms with Gasteiger partial charge in [0, 0.05) is 23.0 Å². The first-order chi connectivity index (χ1) is 11.9. The summed E-state index contributed by atoms with van der Waals surface area (Å²) in [6, 6.07) is 8.51. The van der Waals surface area contributed by atoms with Crippen molar-refractivity contribution < 1.29 is 13.2 Å². The number of benzene rings is 1. The standard InChI is InChI=1S/C16H13ClF3N5/c17-11-3-1-10(2-4-11)15(5-6-15)8-21-13-7-12(16(18,19)20)24-14-22-9-23-25(13)14/h1-4,7,9,21H,5-6,8H2. The molecule has 0 bridgehead atoms. The van der Waals surface area contributed by atoms with Crippen LogP contribution in [0.4, 0.5) is 19.0 Å². The maximum absolute atomic E-state index is 13.0. The van der Waals surface area contributed by atoms with E-state index in [0.717, 1.165) is 24.5 Å². The second kappa shape index (κ2) is 5.59. The van der Waals surface area contributed by atoms with Crippen LogP contribution in [0.1, 0.15) is 24.1 Å². The van der Waals surface area contributed by atoms with Crippen molar-refractivity contribution in [2.45, 2.75) is 24.4 Å². The van der Waals surface area contributed by atoms with E-state index < -0.39 is 11.9 Å². The predicted molar refractivity (Wildman–Crippen MR) is 86.6 cm³/mol. The topological polar surface area (TPSA) is 55.1 Å². The van der Waals surface area contributed by atoms with Gasteiger partial charge in [0.2, 0.25) is 0 Å². The van der Waals surface area contributed by atoms with E-state index in [1.54, 1.807) is 0 Å². The van der Waals surface area contributed by atoms with Crippen molar-refractivity contribution in [3.05, 3.63) is 52.9 Å². The van der Waals surface area contributed by atoms with E-state index in [1.165, 1.54) is 10.8 Å². The zero-order valence-electron chi connectivity index (χ0n) is 12.9. The van der Waals surface area contributed by atoms with E-state index >= 15 is 0 Å². The van der Waals surface area contributed by atoms with E-state index in [2.05, 4.69) is 20.4 Å². The maximum Gasteiger partial charge on any atom is 0.433 e. The van der Waals surface area contributed by atoms with Gasteiger partial charge < -0.3 is 5.32 Å². The van der Waals surface area contributed by atoms with E-state index in [9.17, 15) is 13.2 Å². The molecule has 0 unspecified atom stereocenters. The lowest BCUT2D eigenvalue weighted by molar-refractivity contribution is -0.141. The molecule has 0 saturated heterocycles. The quantitative estimate of drug-likeness (QED) is 0.759. The average molecular weight is 368 g/mol. The van der Waals surface area contributed by atoms with Crippen LogP contribution in [0.2, 0.25) is 5.02 Å². The number of anilines is 1. The molecule has 1 aliphatic rings. The zero-order chi connectivity index (χ0) is 17.7. The van der Waals surface area contributed by atoms with Crippen LogP contribution in [-0.2, 0) is 11.6 Å². The van der Waals surface area contributed by atoms with Crippen molar-refractivity contribution in [3.8, 4) is 0 Å². The highest BCUT2D eigenvalue weighted by molar-refractivity contribution is 6.30. The molecule has 130 valence electrons. The normalized spacial score (nSPS) is 16.2. The van der Waals surface area contributed by atoms with Crippen LogP contribution in [0.15, 0.2) is 36.7 Å². The minimum absolute atomic E-state index is 0.0892. The summed E-state index contributed by atoms with van der Waals surface area (Å²) < 4.78 is 40.4. The molecule has 25 heavy (non-hydrogen) atoms. The predicted octanol–water partition coefficient (Wildman–Crippen LogP) is 3.94. The van der Waals surface area contributed by atoms with E-state index in [0.29, 0.717) is 11.6 Å². The van der Waals surface area contributed by atoms with Gasteiger partial charge in [0.1, 0.15) is 12.1 Å². The van der Waals surface area contributed by atoms with Gasteiger partial charge in [-0.3, -0.25) is 0 Å². The fourth-order valence-corrected chi connectivity index (χ4v) is 2.99. The summed E-state index contributed by atoms with van der Waals surface area (Å²) in [6.45, 7) is 0.491. The van der Waals surface area contributed by atoms with Crippen LogP contribution in [0, 0.1) is 0 Å². The molecule has 9 heteroatoms. The number of rotatable bonds is 4. The van der Waals surface area contributed by atoms with Crippen LogP contribution in [0.5, 0.6) is 0 Å². The lowest BCUT2D eigenvalue weighted by atomic mass is 9.96. The fraction of sp³-hybridized carbons (Fsp3) is 0.312. The van der Waals surface area contributed by atoms with Gasteiger partial charge in [-0.15, -0.1) is 0 Å². The van der Waals surface area contributed by atoms with Crippen LogP contribution in [0.25, 0.3) is 5.78 Å². The first-order valence-corrected chi connectivity index (χ1v) is 8.03. The Hall–Kier alpha value is -2.35. The molecular formula is C16H13ClF3N5. The molecule has 2 aromatic heterocycles. The number of nitrogens with one attached hydrogen (secondary N) is 1. The average Bonchev–Trinajstić information content (AvgIpc) is 3.20. The van der Waals surface area contributed by atoms with Crippen LogP contribution < -0.4 is 5.32 Å². The third-order valence-electron chi connectivity index (χ3n) is 4.46. The number of halogens is 4. The molecule has 1 aromatic carbocycles. The Kier molecular flexibility index (Phi) is 3.61. The number of hydrogen-bond donors (Lipinski definition) is 1. The molecule has 0 radical (unpaired) electrons. The van der Waals surface area contributed by atoms with Crippen molar-refractivity contribution >= 4 is 23.2 Å². The van der Waals surface area contributed by atoms with Crippen molar-refractivity contribution in [3.63, 3.8) is 0 Å². The minimum Gasteiger partial charge on any atom is -0.369 e. The minimum atomic E-state index is -4.54. The number of nitrogens with zero attached hydrogens (tertiary/aromatic N) is 4. The smallest absolute Gasteiger partial charge is 0.369 e. The lowest BCUT2D eigenvalue weighted by Crippen LogP contribution is -2.22. The summed E-state index contributed by atoms with van der Waals surface area (Å²) in [7, 11) is 0. The van der Waals surface area contributed by atoms with Crippen LogP contribution >= 0.6 is 11.6 Å². The van der Waals surface area contributed by atoms with Crippen molar-refractivity contribution in [1.29, 1.82) is 0 Å². The Morgan fingerprint density at radius 2 is 1.92 bits per heavy atom. The molecule has 1 saturated carbocycles. The van der Waals surface area contributed by atoms with Gasteiger partial charge in [0.15, 0.2) is 5.69 Å². The molecule has 1 fully saturated rings. The van der Waals surface area contributed by atoms with E-state index in [-0.39, 0.29) is 17.0 Å². The highest BCUT2D eigenvalue weighted by Crippen LogP contribution is 2.48. The fourth-order valence-electron chi connectivity index (χ4n) is 2.86. The van der Waals surface area contributed by atoms with Crippen LogP contribution in [0.3, 0.4) is 0 Å². The van der Waals surface area contributed by atoms with Crippen molar-refractivity contribution in [2.24, 2.45) is 0 Å². The summed E-state index contributed by atoms with van der Waals surface area (Å²) in [6.07, 6.45) is -1.45. The molecule has 3 aromatic rings. The van der Waals surface area contributed by atoms with E-state index in [4.69, 9.17) is 11.6 Å². The number of alkyl halides is 3. The molecule has 1 aliphatic carbocycles. The molecule has 4 rings (SSSR count). The SMILES string of the molecule is FC(F)(F)c1cc(NCC2(c3ccc(Cl)cc3)CC2)n2ncnc2n1. The van der Waals surface area contributed by atoms with Crippen LogP contribution in [-0.4, -0.2) is 26.1 Å². The van der Waals surface area contributed by atoms with Crippen molar-refractivity contribution in [1.82, 2.24) is 19.6 Å². The first-order valence-electron chi connectivity index (χ1n) is 7.65. The summed E-state index contributed by atoms with van der Waals surface area (Å²) in [5.74, 6) is 0.128. The Morgan fingerprint density at radius 1 is 1.20 bits per heavy atom. The maximum atomic E-state index is 13.0. The summed E-state index contributed by atoms with van der Waals surface area (Å²) >= 11 is 5.92.